The summed E-state index contributed by atoms with van der Waals surface area (Å²) in [6.07, 6.45) is 2.56. The van der Waals surface area contributed by atoms with Crippen molar-refractivity contribution in [2.45, 2.75) is 71.0 Å². The maximum atomic E-state index is 12.5. The largest absolute Gasteiger partial charge is 0.479 e. The first-order valence-electron chi connectivity index (χ1n) is 9.34. The van der Waals surface area contributed by atoms with Gasteiger partial charge in [-0.05, 0) is 51.2 Å². The van der Waals surface area contributed by atoms with Crippen molar-refractivity contribution >= 4 is 11.9 Å². The molecule has 1 aromatic rings. The van der Waals surface area contributed by atoms with Crippen molar-refractivity contribution in [3.05, 3.63) is 35.4 Å². The lowest BCUT2D eigenvalue weighted by Crippen LogP contribution is -2.51. The molecule has 0 aliphatic heterocycles. The Morgan fingerprint density at radius 1 is 1.15 bits per heavy atom. The molecule has 0 bridgehead atoms. The van der Waals surface area contributed by atoms with E-state index in [1.165, 1.54) is 0 Å². The Balaban J connectivity index is 2.28. The summed E-state index contributed by atoms with van der Waals surface area (Å²) >= 11 is 0. The van der Waals surface area contributed by atoms with Crippen molar-refractivity contribution < 1.29 is 24.2 Å². The van der Waals surface area contributed by atoms with Gasteiger partial charge in [0.05, 0.1) is 6.42 Å². The fourth-order valence-electron chi connectivity index (χ4n) is 3.50. The van der Waals surface area contributed by atoms with Crippen LogP contribution in [0.1, 0.15) is 58.1 Å². The van der Waals surface area contributed by atoms with Crippen LogP contribution >= 0.6 is 0 Å². The summed E-state index contributed by atoms with van der Waals surface area (Å²) in [5.41, 5.74) is 0.0395. The molecule has 144 valence electrons. The Hall–Kier alpha value is -1.88. The van der Waals surface area contributed by atoms with Crippen LogP contribution in [-0.4, -0.2) is 34.9 Å². The topological polar surface area (TPSA) is 72.8 Å². The molecule has 0 radical (unpaired) electrons. The van der Waals surface area contributed by atoms with Gasteiger partial charge in [-0.15, -0.1) is 0 Å². The second-order valence-electron chi connectivity index (χ2n) is 8.03. The van der Waals surface area contributed by atoms with Crippen LogP contribution in [0.3, 0.4) is 0 Å². The second kappa shape index (κ2) is 8.21. The van der Waals surface area contributed by atoms with Gasteiger partial charge >= 0.3 is 11.9 Å². The lowest BCUT2D eigenvalue weighted by Gasteiger charge is -2.35. The molecule has 1 aromatic carbocycles. The van der Waals surface area contributed by atoms with Gasteiger partial charge in [0.2, 0.25) is 0 Å². The maximum Gasteiger partial charge on any atom is 0.336 e. The zero-order valence-corrected chi connectivity index (χ0v) is 16.2. The van der Waals surface area contributed by atoms with E-state index in [2.05, 4.69) is 0 Å². The summed E-state index contributed by atoms with van der Waals surface area (Å²) in [6, 6.07) is 7.94. The Labute approximate surface area is 155 Å². The number of unbranched alkanes of at least 4 members (excludes halogenated alkanes) is 1. The number of benzene rings is 1. The molecule has 5 nitrogen and oxygen atoms in total. The monoisotopic (exact) mass is 362 g/mol. The Morgan fingerprint density at radius 2 is 1.73 bits per heavy atom. The third kappa shape index (κ3) is 4.85. The Bertz CT molecular complexity index is 621. The van der Waals surface area contributed by atoms with E-state index in [9.17, 15) is 14.7 Å². The predicted molar refractivity (Wildman–Crippen MR) is 99.0 cm³/mol. The van der Waals surface area contributed by atoms with Gasteiger partial charge < -0.3 is 14.6 Å². The standard InChI is InChI=1S/C21H30O5/c1-5-6-11-25-21(19(23)24,14-18(22)26-20(2,3)4)17-12-15-9-7-8-10-16(15)13-17/h7-10,17H,5-6,11-14H2,1-4H3,(H,23,24)/t21-/m0/s1. The van der Waals surface area contributed by atoms with Crippen molar-refractivity contribution in [1.82, 2.24) is 0 Å². The van der Waals surface area contributed by atoms with Crippen LogP contribution in [0.25, 0.3) is 0 Å². The Morgan fingerprint density at radius 3 is 2.19 bits per heavy atom. The molecule has 0 spiro atoms. The van der Waals surface area contributed by atoms with E-state index in [4.69, 9.17) is 9.47 Å². The molecule has 2 rings (SSSR count). The Kier molecular flexibility index (Phi) is 6.45. The lowest BCUT2D eigenvalue weighted by atomic mass is 9.82. The van der Waals surface area contributed by atoms with Crippen molar-refractivity contribution in [2.75, 3.05) is 6.61 Å². The van der Waals surface area contributed by atoms with Gasteiger partial charge in [0, 0.05) is 12.5 Å². The second-order valence-corrected chi connectivity index (χ2v) is 8.03. The van der Waals surface area contributed by atoms with E-state index in [1.54, 1.807) is 20.8 Å². The van der Waals surface area contributed by atoms with Crippen molar-refractivity contribution in [2.24, 2.45) is 5.92 Å². The summed E-state index contributed by atoms with van der Waals surface area (Å²) in [5, 5.41) is 10.1. The summed E-state index contributed by atoms with van der Waals surface area (Å²) < 4.78 is 11.3. The normalized spacial score (nSPS) is 16.8. The van der Waals surface area contributed by atoms with Gasteiger partial charge in [0.1, 0.15) is 5.60 Å². The molecule has 1 aliphatic rings. The van der Waals surface area contributed by atoms with Gasteiger partial charge in [-0.25, -0.2) is 4.79 Å². The number of fused-ring (bicyclic) bond motifs is 1. The molecule has 1 aliphatic carbocycles. The van der Waals surface area contributed by atoms with E-state index in [-0.39, 0.29) is 12.3 Å². The van der Waals surface area contributed by atoms with Gasteiger partial charge in [-0.3, -0.25) is 4.79 Å². The summed E-state index contributed by atoms with van der Waals surface area (Å²) in [6.45, 7) is 7.66. The van der Waals surface area contributed by atoms with Crippen LogP contribution in [0.4, 0.5) is 0 Å². The SMILES string of the molecule is CCCCO[C@](CC(=O)OC(C)(C)C)(C(=O)O)C1Cc2ccccc2C1. The molecule has 0 amide bonds. The van der Waals surface area contributed by atoms with Crippen molar-refractivity contribution in [1.29, 1.82) is 0 Å². The highest BCUT2D eigenvalue weighted by Crippen LogP contribution is 2.39. The number of carboxylic acids is 1. The zero-order valence-electron chi connectivity index (χ0n) is 16.2. The van der Waals surface area contributed by atoms with E-state index in [0.717, 1.165) is 24.0 Å². The smallest absolute Gasteiger partial charge is 0.336 e. The number of ether oxygens (including phenoxy) is 2. The number of hydrogen-bond donors (Lipinski definition) is 1. The number of carbonyl (C=O) groups is 2. The molecule has 0 unspecified atom stereocenters. The fourth-order valence-corrected chi connectivity index (χ4v) is 3.50. The minimum absolute atomic E-state index is 0.276. The van der Waals surface area contributed by atoms with Crippen LogP contribution in [0, 0.1) is 5.92 Å². The molecular formula is C21H30O5. The number of aliphatic carboxylic acids is 1. The summed E-state index contributed by atoms with van der Waals surface area (Å²) in [4.78, 5) is 24.8. The van der Waals surface area contributed by atoms with Gasteiger partial charge in [0.25, 0.3) is 0 Å². The first kappa shape index (κ1) is 20.4. The van der Waals surface area contributed by atoms with Crippen molar-refractivity contribution in [3.8, 4) is 0 Å². The highest BCUT2D eigenvalue weighted by atomic mass is 16.6. The predicted octanol–water partition coefficient (Wildman–Crippen LogP) is 3.77. The van der Waals surface area contributed by atoms with E-state index in [0.29, 0.717) is 19.4 Å². The number of hydrogen-bond acceptors (Lipinski definition) is 4. The first-order chi connectivity index (χ1) is 12.2. The zero-order chi connectivity index (χ0) is 19.4. The summed E-state index contributed by atoms with van der Waals surface area (Å²) in [5.74, 6) is -1.91. The first-order valence-corrected chi connectivity index (χ1v) is 9.34. The minimum atomic E-state index is -1.56. The third-order valence-electron chi connectivity index (χ3n) is 4.76. The minimum Gasteiger partial charge on any atom is -0.479 e. The third-order valence-corrected chi connectivity index (χ3v) is 4.76. The molecule has 0 saturated carbocycles. The molecule has 1 atom stereocenters. The highest BCUT2D eigenvalue weighted by Gasteiger charge is 2.51. The van der Waals surface area contributed by atoms with Crippen LogP contribution in [-0.2, 0) is 31.9 Å². The van der Waals surface area contributed by atoms with Gasteiger partial charge in [-0.1, -0.05) is 37.6 Å². The van der Waals surface area contributed by atoms with Gasteiger partial charge in [-0.2, -0.15) is 0 Å². The molecule has 1 N–H and O–H groups in total. The maximum absolute atomic E-state index is 12.5. The van der Waals surface area contributed by atoms with Crippen LogP contribution in [0.2, 0.25) is 0 Å². The van der Waals surface area contributed by atoms with Crippen LogP contribution in [0.15, 0.2) is 24.3 Å². The number of carboxylic acid groups (broad SMARTS) is 1. The average Bonchev–Trinajstić information content (AvgIpc) is 2.96. The van der Waals surface area contributed by atoms with Crippen LogP contribution < -0.4 is 0 Å². The number of esters is 1. The number of rotatable bonds is 8. The molecular weight excluding hydrogens is 332 g/mol. The van der Waals surface area contributed by atoms with E-state index < -0.39 is 23.1 Å². The van der Waals surface area contributed by atoms with Crippen LogP contribution in [0.5, 0.6) is 0 Å². The van der Waals surface area contributed by atoms with Gasteiger partial charge in [0.15, 0.2) is 5.60 Å². The molecule has 5 heteroatoms. The molecule has 0 fully saturated rings. The molecule has 0 aromatic heterocycles. The summed E-state index contributed by atoms with van der Waals surface area (Å²) in [7, 11) is 0. The molecule has 0 heterocycles. The molecule has 0 saturated heterocycles. The van der Waals surface area contributed by atoms with E-state index >= 15 is 0 Å². The molecule has 26 heavy (non-hydrogen) atoms. The quantitative estimate of drug-likeness (QED) is 0.563. The number of carbonyl (C=O) groups excluding carboxylic acids is 1. The van der Waals surface area contributed by atoms with E-state index in [1.807, 2.05) is 31.2 Å². The van der Waals surface area contributed by atoms with Crippen molar-refractivity contribution in [3.63, 3.8) is 0 Å². The average molecular weight is 362 g/mol. The highest BCUT2D eigenvalue weighted by molar-refractivity contribution is 5.85. The fraction of sp³-hybridized carbons (Fsp3) is 0.619. The lowest BCUT2D eigenvalue weighted by molar-refractivity contribution is -0.186.